The average molecular weight is 306 g/mol. The van der Waals surface area contributed by atoms with Crippen LogP contribution in [0.1, 0.15) is 28.7 Å². The van der Waals surface area contributed by atoms with Gasteiger partial charge in [0.15, 0.2) is 0 Å². The molecule has 9 heteroatoms. The van der Waals surface area contributed by atoms with Crippen LogP contribution >= 0.6 is 0 Å². The van der Waals surface area contributed by atoms with Crippen LogP contribution in [-0.4, -0.2) is 42.3 Å². The van der Waals surface area contributed by atoms with Gasteiger partial charge < -0.3 is 4.90 Å². The molecule has 22 heavy (non-hydrogen) atoms. The second kappa shape index (κ2) is 5.96. The standard InChI is InChI=1S/C13H18N6O3/c1-5-18-8-10(6-14-18)7-16(3)13(20)11-12(19(21)22)9(2)17(4)15-11/h6,8H,5,7H2,1-4H3. The van der Waals surface area contributed by atoms with E-state index in [1.54, 1.807) is 31.9 Å². The van der Waals surface area contributed by atoms with Crippen molar-refractivity contribution in [2.75, 3.05) is 7.05 Å². The summed E-state index contributed by atoms with van der Waals surface area (Å²) >= 11 is 0. The van der Waals surface area contributed by atoms with Gasteiger partial charge in [-0.05, 0) is 13.8 Å². The summed E-state index contributed by atoms with van der Waals surface area (Å²) in [6.07, 6.45) is 3.51. The molecule has 0 fully saturated rings. The molecule has 0 aliphatic rings. The highest BCUT2D eigenvalue weighted by Gasteiger charge is 2.30. The zero-order valence-electron chi connectivity index (χ0n) is 13.0. The lowest BCUT2D eigenvalue weighted by atomic mass is 10.2. The first-order valence-corrected chi connectivity index (χ1v) is 6.79. The largest absolute Gasteiger partial charge is 0.336 e. The van der Waals surface area contributed by atoms with Gasteiger partial charge in [0.25, 0.3) is 5.91 Å². The summed E-state index contributed by atoms with van der Waals surface area (Å²) in [5.74, 6) is -0.486. The van der Waals surface area contributed by atoms with Crippen molar-refractivity contribution in [2.45, 2.75) is 26.9 Å². The summed E-state index contributed by atoms with van der Waals surface area (Å²) in [6, 6.07) is 0. The maximum absolute atomic E-state index is 12.4. The maximum Gasteiger partial charge on any atom is 0.322 e. The molecule has 0 aromatic carbocycles. The van der Waals surface area contributed by atoms with Crippen molar-refractivity contribution in [3.05, 3.63) is 39.5 Å². The van der Waals surface area contributed by atoms with E-state index < -0.39 is 10.8 Å². The van der Waals surface area contributed by atoms with Gasteiger partial charge in [-0.2, -0.15) is 10.2 Å². The van der Waals surface area contributed by atoms with E-state index in [4.69, 9.17) is 0 Å². The SMILES string of the molecule is CCn1cc(CN(C)C(=O)c2nn(C)c(C)c2[N+](=O)[O-])cn1. The highest BCUT2D eigenvalue weighted by Crippen LogP contribution is 2.23. The predicted octanol–water partition coefficient (Wildman–Crippen LogP) is 1.13. The van der Waals surface area contributed by atoms with Crippen molar-refractivity contribution >= 4 is 11.6 Å². The van der Waals surface area contributed by atoms with Gasteiger partial charge in [-0.3, -0.25) is 24.3 Å². The molecule has 0 radical (unpaired) electrons. The smallest absolute Gasteiger partial charge is 0.322 e. The Morgan fingerprint density at radius 2 is 2.18 bits per heavy atom. The van der Waals surface area contributed by atoms with Crippen molar-refractivity contribution in [1.82, 2.24) is 24.5 Å². The van der Waals surface area contributed by atoms with Crippen molar-refractivity contribution in [3.8, 4) is 0 Å². The Kier molecular flexibility index (Phi) is 4.25. The highest BCUT2D eigenvalue weighted by molar-refractivity contribution is 5.96. The van der Waals surface area contributed by atoms with Crippen LogP contribution in [0.2, 0.25) is 0 Å². The molecule has 0 atom stereocenters. The number of carbonyl (C=O) groups is 1. The van der Waals surface area contributed by atoms with Crippen LogP contribution in [0, 0.1) is 17.0 Å². The summed E-state index contributed by atoms with van der Waals surface area (Å²) in [5, 5.41) is 19.3. The third-order valence-electron chi connectivity index (χ3n) is 3.46. The average Bonchev–Trinajstić information content (AvgIpc) is 3.03. The normalized spacial score (nSPS) is 10.7. The number of aromatic nitrogens is 4. The number of hydrogen-bond acceptors (Lipinski definition) is 5. The van der Waals surface area contributed by atoms with E-state index in [1.807, 2.05) is 13.1 Å². The van der Waals surface area contributed by atoms with Gasteiger partial charge in [0, 0.05) is 38.9 Å². The molecule has 0 unspecified atom stereocenters. The van der Waals surface area contributed by atoms with Crippen molar-refractivity contribution in [3.63, 3.8) is 0 Å². The Morgan fingerprint density at radius 3 is 2.73 bits per heavy atom. The molecule has 0 bridgehead atoms. The Hall–Kier alpha value is -2.71. The molecule has 0 spiro atoms. The van der Waals surface area contributed by atoms with E-state index >= 15 is 0 Å². The monoisotopic (exact) mass is 306 g/mol. The Bertz CT molecular complexity index is 717. The van der Waals surface area contributed by atoms with E-state index in [0.717, 1.165) is 12.1 Å². The number of hydrogen-bond donors (Lipinski definition) is 0. The topological polar surface area (TPSA) is 99.1 Å². The maximum atomic E-state index is 12.4. The molecule has 2 aromatic rings. The van der Waals surface area contributed by atoms with E-state index in [0.29, 0.717) is 12.2 Å². The zero-order chi connectivity index (χ0) is 16.4. The second-order valence-corrected chi connectivity index (χ2v) is 5.03. The third kappa shape index (κ3) is 2.83. The Labute approximate surface area is 127 Å². The van der Waals surface area contributed by atoms with Crippen molar-refractivity contribution < 1.29 is 9.72 Å². The molecule has 0 saturated heterocycles. The predicted molar refractivity (Wildman–Crippen MR) is 78.3 cm³/mol. The van der Waals surface area contributed by atoms with Crippen LogP contribution in [0.25, 0.3) is 0 Å². The van der Waals surface area contributed by atoms with Gasteiger partial charge in [0.1, 0.15) is 5.69 Å². The fraction of sp³-hybridized carbons (Fsp3) is 0.462. The quantitative estimate of drug-likeness (QED) is 0.609. The van der Waals surface area contributed by atoms with Crippen LogP contribution in [0.15, 0.2) is 12.4 Å². The van der Waals surface area contributed by atoms with E-state index in [2.05, 4.69) is 10.2 Å². The van der Waals surface area contributed by atoms with Crippen LogP contribution < -0.4 is 0 Å². The first kappa shape index (κ1) is 15.7. The first-order valence-electron chi connectivity index (χ1n) is 6.79. The van der Waals surface area contributed by atoms with Crippen molar-refractivity contribution in [1.29, 1.82) is 0 Å². The van der Waals surface area contributed by atoms with E-state index in [1.165, 1.54) is 9.58 Å². The minimum atomic E-state index is -0.571. The van der Waals surface area contributed by atoms with Gasteiger partial charge >= 0.3 is 5.69 Å². The lowest BCUT2D eigenvalue weighted by Crippen LogP contribution is -2.27. The first-order chi connectivity index (χ1) is 10.3. The van der Waals surface area contributed by atoms with Crippen LogP contribution in [0.5, 0.6) is 0 Å². The Balaban J connectivity index is 2.24. The summed E-state index contributed by atoms with van der Waals surface area (Å²) < 4.78 is 3.09. The lowest BCUT2D eigenvalue weighted by Gasteiger charge is -2.14. The number of rotatable bonds is 5. The van der Waals surface area contributed by atoms with Gasteiger partial charge in [0.2, 0.25) is 5.69 Å². The fourth-order valence-corrected chi connectivity index (χ4v) is 2.15. The molecule has 2 heterocycles. The van der Waals surface area contributed by atoms with Gasteiger partial charge in [-0.25, -0.2) is 0 Å². The van der Waals surface area contributed by atoms with Gasteiger partial charge in [-0.1, -0.05) is 0 Å². The fourth-order valence-electron chi connectivity index (χ4n) is 2.15. The molecule has 0 N–H and O–H groups in total. The summed E-state index contributed by atoms with van der Waals surface area (Å²) in [4.78, 5) is 24.4. The second-order valence-electron chi connectivity index (χ2n) is 5.03. The Morgan fingerprint density at radius 1 is 1.50 bits per heavy atom. The molecular weight excluding hydrogens is 288 g/mol. The number of aryl methyl sites for hydroxylation is 2. The summed E-state index contributed by atoms with van der Waals surface area (Å²) in [5.41, 5.74) is 0.813. The molecule has 2 rings (SSSR count). The van der Waals surface area contributed by atoms with E-state index in [9.17, 15) is 14.9 Å². The molecule has 118 valence electrons. The van der Waals surface area contributed by atoms with Crippen LogP contribution in [0.4, 0.5) is 5.69 Å². The van der Waals surface area contributed by atoms with Crippen LogP contribution in [0.3, 0.4) is 0 Å². The third-order valence-corrected chi connectivity index (χ3v) is 3.46. The number of nitrogens with zero attached hydrogens (tertiary/aromatic N) is 6. The van der Waals surface area contributed by atoms with Crippen LogP contribution in [-0.2, 0) is 20.1 Å². The number of nitro groups is 1. The molecular formula is C13H18N6O3. The molecule has 0 aliphatic carbocycles. The molecule has 1 amide bonds. The van der Waals surface area contributed by atoms with Crippen molar-refractivity contribution in [2.24, 2.45) is 7.05 Å². The lowest BCUT2D eigenvalue weighted by molar-refractivity contribution is -0.385. The zero-order valence-corrected chi connectivity index (χ0v) is 13.0. The molecule has 9 nitrogen and oxygen atoms in total. The number of amides is 1. The molecule has 2 aromatic heterocycles. The van der Waals surface area contributed by atoms with Gasteiger partial charge in [-0.15, -0.1) is 0 Å². The summed E-state index contributed by atoms with van der Waals surface area (Å²) in [7, 11) is 3.16. The molecule has 0 aliphatic heterocycles. The minimum absolute atomic E-state index is 0.143. The minimum Gasteiger partial charge on any atom is -0.336 e. The highest BCUT2D eigenvalue weighted by atomic mass is 16.6. The van der Waals surface area contributed by atoms with E-state index in [-0.39, 0.29) is 11.4 Å². The molecule has 0 saturated carbocycles. The summed E-state index contributed by atoms with van der Waals surface area (Å²) in [6.45, 7) is 4.58. The van der Waals surface area contributed by atoms with Gasteiger partial charge in [0.05, 0.1) is 11.1 Å². The number of carbonyl (C=O) groups excluding carboxylic acids is 1.